The average molecular weight is 339 g/mol. The first-order chi connectivity index (χ1) is 10.5. The number of hydrogen-bond acceptors (Lipinski definition) is 5. The van der Waals surface area contributed by atoms with E-state index in [2.05, 4.69) is 40.6 Å². The molecule has 0 saturated heterocycles. The summed E-state index contributed by atoms with van der Waals surface area (Å²) in [5, 5.41) is 6.41. The molecule has 0 atom stereocenters. The van der Waals surface area contributed by atoms with E-state index in [4.69, 9.17) is 0 Å². The number of hydrogen-bond donors (Lipinski definition) is 1. The molecule has 120 valence electrons. The van der Waals surface area contributed by atoms with E-state index < -0.39 is 0 Å². The van der Waals surface area contributed by atoms with Gasteiger partial charge in [0.25, 0.3) is 0 Å². The number of imidazole rings is 1. The minimum atomic E-state index is -0.0880. The molecule has 0 aliphatic carbocycles. The molecular formula is C15H22N4OS2. The number of thiazole rings is 1. The Kier molecular flexibility index (Phi) is 6.02. The number of aromatic nitrogens is 3. The van der Waals surface area contributed by atoms with Crippen LogP contribution in [0.5, 0.6) is 0 Å². The van der Waals surface area contributed by atoms with E-state index in [9.17, 15) is 4.79 Å². The van der Waals surface area contributed by atoms with Gasteiger partial charge in [-0.05, 0) is 20.3 Å². The van der Waals surface area contributed by atoms with Gasteiger partial charge >= 0.3 is 0 Å². The molecule has 22 heavy (non-hydrogen) atoms. The number of anilines is 1. The Hall–Kier alpha value is -1.34. The summed E-state index contributed by atoms with van der Waals surface area (Å²) in [7, 11) is 0. The maximum absolute atomic E-state index is 11.0. The van der Waals surface area contributed by atoms with Crippen LogP contribution in [0.25, 0.3) is 0 Å². The molecule has 5 nitrogen and oxygen atoms in total. The fourth-order valence-corrected chi connectivity index (χ4v) is 3.91. The molecule has 0 fully saturated rings. The summed E-state index contributed by atoms with van der Waals surface area (Å²) in [6, 6.07) is 0. The lowest BCUT2D eigenvalue weighted by molar-refractivity contribution is -0.114. The highest BCUT2D eigenvalue weighted by atomic mass is 32.2. The maximum Gasteiger partial charge on any atom is 0.223 e. The molecule has 2 rings (SSSR count). The number of aryl methyl sites for hydroxylation is 1. The predicted molar refractivity (Wildman–Crippen MR) is 92.6 cm³/mol. The summed E-state index contributed by atoms with van der Waals surface area (Å²) < 4.78 is 2.30. The molecule has 0 aliphatic heterocycles. The second-order valence-corrected chi connectivity index (χ2v) is 6.98. The number of carbonyl (C=O) groups is 1. The number of nitrogens with one attached hydrogen (secondary N) is 1. The molecule has 0 spiro atoms. The molecule has 2 heterocycles. The standard InChI is InChI=1S/C15H22N4OS2/c1-5-6-7-19-11(3)10(2)16-15(19)22-9-13-8-21-14(18-13)17-12(4)20/h8H,5-7,9H2,1-4H3,(H,17,18,20). The Bertz CT molecular complexity index is 648. The topological polar surface area (TPSA) is 59.8 Å². The van der Waals surface area contributed by atoms with Crippen molar-refractivity contribution in [1.82, 2.24) is 14.5 Å². The molecule has 1 amide bonds. The molecule has 0 aliphatic rings. The van der Waals surface area contributed by atoms with Crippen LogP contribution in [0.3, 0.4) is 0 Å². The third kappa shape index (κ3) is 4.33. The van der Waals surface area contributed by atoms with Crippen LogP contribution < -0.4 is 5.32 Å². The van der Waals surface area contributed by atoms with Gasteiger partial charge in [0, 0.05) is 30.3 Å². The third-order valence-electron chi connectivity index (χ3n) is 3.34. The fourth-order valence-electron chi connectivity index (χ4n) is 2.03. The van der Waals surface area contributed by atoms with Crippen LogP contribution in [0.2, 0.25) is 0 Å². The van der Waals surface area contributed by atoms with E-state index in [1.165, 1.54) is 30.4 Å². The maximum atomic E-state index is 11.0. The third-order valence-corrected chi connectivity index (χ3v) is 5.16. The van der Waals surface area contributed by atoms with Crippen molar-refractivity contribution in [1.29, 1.82) is 0 Å². The van der Waals surface area contributed by atoms with Gasteiger partial charge in [-0.2, -0.15) is 0 Å². The molecule has 0 saturated carbocycles. The Balaban J connectivity index is 2.03. The zero-order valence-electron chi connectivity index (χ0n) is 13.5. The van der Waals surface area contributed by atoms with Crippen LogP contribution in [0.15, 0.2) is 10.5 Å². The van der Waals surface area contributed by atoms with Gasteiger partial charge in [-0.25, -0.2) is 9.97 Å². The Morgan fingerprint density at radius 1 is 1.41 bits per heavy atom. The molecule has 0 aromatic carbocycles. The van der Waals surface area contributed by atoms with Gasteiger partial charge in [0.1, 0.15) is 0 Å². The van der Waals surface area contributed by atoms with Crippen LogP contribution in [0, 0.1) is 13.8 Å². The van der Waals surface area contributed by atoms with Crippen LogP contribution in [0.1, 0.15) is 43.8 Å². The van der Waals surface area contributed by atoms with Gasteiger partial charge in [-0.15, -0.1) is 11.3 Å². The Morgan fingerprint density at radius 2 is 2.18 bits per heavy atom. The highest BCUT2D eigenvalue weighted by molar-refractivity contribution is 7.98. The summed E-state index contributed by atoms with van der Waals surface area (Å²) in [4.78, 5) is 20.1. The predicted octanol–water partition coefficient (Wildman–Crippen LogP) is 4.01. The van der Waals surface area contributed by atoms with Gasteiger partial charge < -0.3 is 9.88 Å². The Morgan fingerprint density at radius 3 is 2.86 bits per heavy atom. The zero-order chi connectivity index (χ0) is 16.1. The number of nitrogens with zero attached hydrogens (tertiary/aromatic N) is 3. The molecule has 0 radical (unpaired) electrons. The first-order valence-electron chi connectivity index (χ1n) is 7.39. The molecule has 0 bridgehead atoms. The number of rotatable bonds is 7. The minimum absolute atomic E-state index is 0.0880. The van der Waals surface area contributed by atoms with Crippen molar-refractivity contribution in [2.45, 2.75) is 58.0 Å². The second-order valence-electron chi connectivity index (χ2n) is 5.18. The zero-order valence-corrected chi connectivity index (χ0v) is 15.1. The first kappa shape index (κ1) is 17.0. The number of amides is 1. The lowest BCUT2D eigenvalue weighted by Crippen LogP contribution is -2.05. The van der Waals surface area contributed by atoms with Crippen LogP contribution in [-0.2, 0) is 17.1 Å². The smallest absolute Gasteiger partial charge is 0.223 e. The lowest BCUT2D eigenvalue weighted by atomic mass is 10.3. The fraction of sp³-hybridized carbons (Fsp3) is 0.533. The first-order valence-corrected chi connectivity index (χ1v) is 9.26. The molecular weight excluding hydrogens is 316 g/mol. The highest BCUT2D eigenvalue weighted by Crippen LogP contribution is 2.26. The van der Waals surface area contributed by atoms with E-state index in [1.807, 2.05) is 5.38 Å². The van der Waals surface area contributed by atoms with E-state index >= 15 is 0 Å². The summed E-state index contributed by atoms with van der Waals surface area (Å²) in [5.41, 5.74) is 3.31. The number of thioether (sulfide) groups is 1. The minimum Gasteiger partial charge on any atom is -0.323 e. The van der Waals surface area contributed by atoms with Crippen molar-refractivity contribution >= 4 is 34.1 Å². The lowest BCUT2D eigenvalue weighted by Gasteiger charge is -2.08. The summed E-state index contributed by atoms with van der Waals surface area (Å²) in [6.07, 6.45) is 2.33. The second kappa shape index (κ2) is 7.78. The van der Waals surface area contributed by atoms with Crippen LogP contribution in [-0.4, -0.2) is 20.4 Å². The van der Waals surface area contributed by atoms with E-state index in [0.29, 0.717) is 5.13 Å². The molecule has 0 unspecified atom stereocenters. The van der Waals surface area contributed by atoms with Crippen molar-refractivity contribution in [3.05, 3.63) is 22.5 Å². The van der Waals surface area contributed by atoms with Crippen LogP contribution >= 0.6 is 23.1 Å². The van der Waals surface area contributed by atoms with Gasteiger partial charge in [-0.3, -0.25) is 4.79 Å². The number of unbranched alkanes of at least 4 members (excludes halogenated alkanes) is 1. The van der Waals surface area contributed by atoms with E-state index in [-0.39, 0.29) is 5.91 Å². The highest BCUT2D eigenvalue weighted by Gasteiger charge is 2.12. The Labute approximate surface area is 139 Å². The summed E-state index contributed by atoms with van der Waals surface area (Å²) >= 11 is 3.16. The summed E-state index contributed by atoms with van der Waals surface area (Å²) in [6.45, 7) is 8.88. The molecule has 1 N–H and O–H groups in total. The normalized spacial score (nSPS) is 10.9. The van der Waals surface area contributed by atoms with Gasteiger partial charge in [0.2, 0.25) is 5.91 Å². The van der Waals surface area contributed by atoms with Crippen molar-refractivity contribution in [3.63, 3.8) is 0 Å². The largest absolute Gasteiger partial charge is 0.323 e. The molecule has 2 aromatic rings. The summed E-state index contributed by atoms with van der Waals surface area (Å²) in [5.74, 6) is 0.674. The van der Waals surface area contributed by atoms with Gasteiger partial charge in [0.05, 0.1) is 11.4 Å². The average Bonchev–Trinajstić information content (AvgIpc) is 3.00. The SMILES string of the molecule is CCCCn1c(SCc2csc(NC(C)=O)n2)nc(C)c1C. The van der Waals surface area contributed by atoms with Crippen molar-refractivity contribution in [3.8, 4) is 0 Å². The monoisotopic (exact) mass is 338 g/mol. The van der Waals surface area contributed by atoms with Gasteiger partial charge in [-0.1, -0.05) is 25.1 Å². The van der Waals surface area contributed by atoms with E-state index in [1.54, 1.807) is 11.8 Å². The van der Waals surface area contributed by atoms with E-state index in [0.717, 1.165) is 35.3 Å². The van der Waals surface area contributed by atoms with Crippen LogP contribution in [0.4, 0.5) is 5.13 Å². The van der Waals surface area contributed by atoms with Crippen molar-refractivity contribution in [2.24, 2.45) is 0 Å². The van der Waals surface area contributed by atoms with Crippen molar-refractivity contribution in [2.75, 3.05) is 5.32 Å². The van der Waals surface area contributed by atoms with Crippen molar-refractivity contribution < 1.29 is 4.79 Å². The quantitative estimate of drug-likeness (QED) is 0.775. The molecule has 2 aromatic heterocycles. The van der Waals surface area contributed by atoms with Gasteiger partial charge in [0.15, 0.2) is 10.3 Å². The molecule has 7 heteroatoms. The number of carbonyl (C=O) groups excluding carboxylic acids is 1.